The van der Waals surface area contributed by atoms with Crippen molar-refractivity contribution in [3.63, 3.8) is 0 Å². The van der Waals surface area contributed by atoms with Crippen LogP contribution in [0.4, 0.5) is 5.69 Å². The van der Waals surface area contributed by atoms with Gasteiger partial charge in [0.25, 0.3) is 0 Å². The SMILES string of the molecule is COC(=O)c1ccc(CNc2cc(Cl)c(C)cc2Br)cc1. The molecule has 0 saturated carbocycles. The molecule has 0 spiro atoms. The predicted octanol–water partition coefficient (Wildman–Crippen LogP) is 4.81. The molecule has 0 aliphatic rings. The molecule has 0 bridgehead atoms. The van der Waals surface area contributed by atoms with Crippen molar-refractivity contribution in [1.82, 2.24) is 0 Å². The van der Waals surface area contributed by atoms with E-state index >= 15 is 0 Å². The molecule has 2 aromatic rings. The second-order valence-electron chi connectivity index (χ2n) is 4.62. The summed E-state index contributed by atoms with van der Waals surface area (Å²) < 4.78 is 5.64. The van der Waals surface area contributed by atoms with E-state index in [1.54, 1.807) is 12.1 Å². The maximum Gasteiger partial charge on any atom is 0.337 e. The van der Waals surface area contributed by atoms with Gasteiger partial charge in [-0.3, -0.25) is 0 Å². The van der Waals surface area contributed by atoms with Gasteiger partial charge < -0.3 is 10.1 Å². The van der Waals surface area contributed by atoms with E-state index in [0.29, 0.717) is 12.1 Å². The van der Waals surface area contributed by atoms with E-state index in [0.717, 1.165) is 26.3 Å². The first-order valence-corrected chi connectivity index (χ1v) is 7.55. The summed E-state index contributed by atoms with van der Waals surface area (Å²) in [5, 5.41) is 4.04. The number of nitrogens with one attached hydrogen (secondary N) is 1. The highest BCUT2D eigenvalue weighted by Crippen LogP contribution is 2.29. The Morgan fingerprint density at radius 1 is 1.29 bits per heavy atom. The Morgan fingerprint density at radius 2 is 1.95 bits per heavy atom. The molecule has 1 N–H and O–H groups in total. The fourth-order valence-corrected chi connectivity index (χ4v) is 2.62. The van der Waals surface area contributed by atoms with Gasteiger partial charge in [-0.15, -0.1) is 0 Å². The monoisotopic (exact) mass is 367 g/mol. The Kier molecular flexibility index (Phi) is 5.26. The van der Waals surface area contributed by atoms with Crippen molar-refractivity contribution in [3.05, 3.63) is 62.6 Å². The van der Waals surface area contributed by atoms with E-state index in [1.807, 2.05) is 31.2 Å². The zero-order valence-corrected chi connectivity index (χ0v) is 14.1. The lowest BCUT2D eigenvalue weighted by molar-refractivity contribution is 0.0600. The highest BCUT2D eigenvalue weighted by molar-refractivity contribution is 9.10. The molecule has 0 aromatic heterocycles. The van der Waals surface area contributed by atoms with Crippen molar-refractivity contribution < 1.29 is 9.53 Å². The fourth-order valence-electron chi connectivity index (χ4n) is 1.86. The van der Waals surface area contributed by atoms with E-state index in [9.17, 15) is 4.79 Å². The van der Waals surface area contributed by atoms with Gasteiger partial charge in [-0.1, -0.05) is 23.7 Å². The van der Waals surface area contributed by atoms with E-state index < -0.39 is 0 Å². The summed E-state index contributed by atoms with van der Waals surface area (Å²) >= 11 is 9.64. The first-order chi connectivity index (χ1) is 10.0. The van der Waals surface area contributed by atoms with Crippen LogP contribution in [0.15, 0.2) is 40.9 Å². The molecule has 110 valence electrons. The summed E-state index contributed by atoms with van der Waals surface area (Å²) in [6.07, 6.45) is 0. The molecule has 2 aromatic carbocycles. The number of carbonyl (C=O) groups is 1. The third-order valence-electron chi connectivity index (χ3n) is 3.11. The minimum Gasteiger partial charge on any atom is -0.465 e. The number of rotatable bonds is 4. The maximum absolute atomic E-state index is 11.4. The molecule has 0 radical (unpaired) electrons. The van der Waals surface area contributed by atoms with Crippen molar-refractivity contribution in [3.8, 4) is 0 Å². The summed E-state index contributed by atoms with van der Waals surface area (Å²) in [5.74, 6) is -0.331. The van der Waals surface area contributed by atoms with E-state index in [-0.39, 0.29) is 5.97 Å². The van der Waals surface area contributed by atoms with Crippen LogP contribution in [0.1, 0.15) is 21.5 Å². The molecular formula is C16H15BrClNO2. The number of carbonyl (C=O) groups excluding carboxylic acids is 1. The van der Waals surface area contributed by atoms with Crippen molar-refractivity contribution in [2.45, 2.75) is 13.5 Å². The molecule has 5 heteroatoms. The van der Waals surface area contributed by atoms with Gasteiger partial charge in [0, 0.05) is 16.0 Å². The molecule has 0 heterocycles. The van der Waals surface area contributed by atoms with Crippen molar-refractivity contribution in [2.24, 2.45) is 0 Å². The van der Waals surface area contributed by atoms with Gasteiger partial charge in [-0.2, -0.15) is 0 Å². The second kappa shape index (κ2) is 6.96. The van der Waals surface area contributed by atoms with Gasteiger partial charge in [0.05, 0.1) is 18.4 Å². The molecule has 3 nitrogen and oxygen atoms in total. The Hall–Kier alpha value is -1.52. The molecule has 2 rings (SSSR count). The summed E-state index contributed by atoms with van der Waals surface area (Å²) in [7, 11) is 1.37. The average Bonchev–Trinajstić information content (AvgIpc) is 2.49. The molecule has 21 heavy (non-hydrogen) atoms. The van der Waals surface area contributed by atoms with Crippen LogP contribution < -0.4 is 5.32 Å². The number of anilines is 1. The Labute approximate surface area is 137 Å². The molecule has 0 aliphatic carbocycles. The van der Waals surface area contributed by atoms with Crippen molar-refractivity contribution in [2.75, 3.05) is 12.4 Å². The highest BCUT2D eigenvalue weighted by atomic mass is 79.9. The third-order valence-corrected chi connectivity index (χ3v) is 4.17. The summed E-state index contributed by atoms with van der Waals surface area (Å²) in [6, 6.07) is 11.2. The fraction of sp³-hybridized carbons (Fsp3) is 0.188. The normalized spacial score (nSPS) is 10.3. The zero-order chi connectivity index (χ0) is 15.4. The number of aryl methyl sites for hydroxylation is 1. The maximum atomic E-state index is 11.4. The molecular weight excluding hydrogens is 354 g/mol. The first-order valence-electron chi connectivity index (χ1n) is 6.38. The largest absolute Gasteiger partial charge is 0.465 e. The molecule has 0 atom stereocenters. The highest BCUT2D eigenvalue weighted by Gasteiger charge is 2.06. The van der Waals surface area contributed by atoms with Gasteiger partial charge >= 0.3 is 5.97 Å². The van der Waals surface area contributed by atoms with E-state index in [2.05, 4.69) is 26.0 Å². The lowest BCUT2D eigenvalue weighted by Crippen LogP contribution is -2.03. The average molecular weight is 369 g/mol. The van der Waals surface area contributed by atoms with E-state index in [1.165, 1.54) is 7.11 Å². The van der Waals surface area contributed by atoms with Crippen molar-refractivity contribution in [1.29, 1.82) is 0 Å². The summed E-state index contributed by atoms with van der Waals surface area (Å²) in [6.45, 7) is 2.60. The van der Waals surface area contributed by atoms with Gasteiger partial charge in [-0.05, 0) is 58.2 Å². The standard InChI is InChI=1S/C16H15BrClNO2/c1-10-7-13(17)15(8-14(10)18)19-9-11-3-5-12(6-4-11)16(20)21-2/h3-8,19H,9H2,1-2H3. The lowest BCUT2D eigenvalue weighted by atomic mass is 10.1. The number of esters is 1. The third kappa shape index (κ3) is 3.99. The van der Waals surface area contributed by atoms with Crippen LogP contribution in [-0.2, 0) is 11.3 Å². The van der Waals surface area contributed by atoms with Gasteiger partial charge in [0.1, 0.15) is 0 Å². The van der Waals surface area contributed by atoms with E-state index in [4.69, 9.17) is 11.6 Å². The molecule has 0 unspecified atom stereocenters. The van der Waals surface area contributed by atoms with Crippen LogP contribution in [0, 0.1) is 6.92 Å². The minimum atomic E-state index is -0.331. The van der Waals surface area contributed by atoms with Gasteiger partial charge in [0.2, 0.25) is 0 Å². The number of ether oxygens (including phenoxy) is 1. The Morgan fingerprint density at radius 3 is 2.57 bits per heavy atom. The number of hydrogen-bond donors (Lipinski definition) is 1. The molecule has 0 saturated heterocycles. The van der Waals surface area contributed by atoms with Crippen LogP contribution in [0.3, 0.4) is 0 Å². The number of methoxy groups -OCH3 is 1. The molecule has 0 amide bonds. The van der Waals surface area contributed by atoms with Gasteiger partial charge in [0.15, 0.2) is 0 Å². The van der Waals surface area contributed by atoms with Crippen LogP contribution in [0.25, 0.3) is 0 Å². The molecule has 0 fully saturated rings. The predicted molar refractivity (Wildman–Crippen MR) is 89.0 cm³/mol. The smallest absolute Gasteiger partial charge is 0.337 e. The first kappa shape index (κ1) is 15.9. The Bertz CT molecular complexity index is 656. The van der Waals surface area contributed by atoms with Crippen molar-refractivity contribution >= 4 is 39.2 Å². The molecule has 0 aliphatic heterocycles. The number of halogens is 2. The zero-order valence-electron chi connectivity index (χ0n) is 11.7. The second-order valence-corrected chi connectivity index (χ2v) is 5.88. The number of benzene rings is 2. The van der Waals surface area contributed by atoms with Crippen LogP contribution in [-0.4, -0.2) is 13.1 Å². The summed E-state index contributed by atoms with van der Waals surface area (Å²) in [5.41, 5.74) is 3.56. The lowest BCUT2D eigenvalue weighted by Gasteiger charge is -2.11. The summed E-state index contributed by atoms with van der Waals surface area (Å²) in [4.78, 5) is 11.4. The van der Waals surface area contributed by atoms with Crippen LogP contribution in [0.2, 0.25) is 5.02 Å². The van der Waals surface area contributed by atoms with Crippen LogP contribution >= 0.6 is 27.5 Å². The number of hydrogen-bond acceptors (Lipinski definition) is 3. The topological polar surface area (TPSA) is 38.3 Å². The Balaban J connectivity index is 2.06. The quantitative estimate of drug-likeness (QED) is 0.787. The van der Waals surface area contributed by atoms with Crippen LogP contribution in [0.5, 0.6) is 0 Å². The minimum absolute atomic E-state index is 0.331. The van der Waals surface area contributed by atoms with Gasteiger partial charge in [-0.25, -0.2) is 4.79 Å².